The second-order valence-corrected chi connectivity index (χ2v) is 17.6. The molecule has 8 aromatic carbocycles. The molecule has 0 spiro atoms. The number of benzene rings is 8. The summed E-state index contributed by atoms with van der Waals surface area (Å²) in [5.41, 5.74) is 20.8. The van der Waals surface area contributed by atoms with Gasteiger partial charge in [-0.05, 0) is 119 Å². The standard InChI is InChI=1S/C56H49BN2/c1-38-22-28-46(29-23-38)58-50-32-24-39(2)34-48(50)57-49-35-40(3)25-33-51(49)59(53-37-45(55(4,5)6)36-52(58)54(53)57)47-30-26-44(27-31-47)56(41-16-10-7-11-17-41,42-18-12-8-13-19-42)43-20-14-9-15-21-43/h7-37H,1-6H3. The van der Waals surface area contributed by atoms with Crippen LogP contribution >= 0.6 is 0 Å². The van der Waals surface area contributed by atoms with Gasteiger partial charge in [0.2, 0.25) is 0 Å². The first kappa shape index (κ1) is 36.7. The van der Waals surface area contributed by atoms with Crippen molar-refractivity contribution in [3.05, 3.63) is 233 Å². The Balaban J connectivity index is 1.24. The molecule has 0 N–H and O–H groups in total. The quantitative estimate of drug-likeness (QED) is 0.123. The number of aryl methyl sites for hydroxylation is 3. The minimum atomic E-state index is -0.522. The summed E-state index contributed by atoms with van der Waals surface area (Å²) in [7, 11) is 0. The Hall–Kier alpha value is -6.58. The van der Waals surface area contributed by atoms with Crippen molar-refractivity contribution in [3.8, 4) is 0 Å². The minimum Gasteiger partial charge on any atom is -0.311 e. The van der Waals surface area contributed by atoms with Gasteiger partial charge in [-0.15, -0.1) is 0 Å². The molecule has 2 aliphatic rings. The van der Waals surface area contributed by atoms with Crippen LogP contribution in [-0.4, -0.2) is 6.71 Å². The summed E-state index contributed by atoms with van der Waals surface area (Å²) in [5, 5.41) is 0. The van der Waals surface area contributed by atoms with Gasteiger partial charge in [0.05, 0.1) is 5.41 Å². The zero-order valence-corrected chi connectivity index (χ0v) is 34.9. The fraction of sp³-hybridized carbons (Fsp3) is 0.143. The number of fused-ring (bicyclic) bond motifs is 4. The summed E-state index contributed by atoms with van der Waals surface area (Å²) in [6, 6.07) is 70.6. The lowest BCUT2D eigenvalue weighted by Crippen LogP contribution is -2.61. The molecule has 3 heteroatoms. The van der Waals surface area contributed by atoms with Crippen LogP contribution in [0.3, 0.4) is 0 Å². The van der Waals surface area contributed by atoms with Crippen LogP contribution in [0.25, 0.3) is 0 Å². The van der Waals surface area contributed by atoms with Crippen molar-refractivity contribution in [1.82, 2.24) is 0 Å². The maximum Gasteiger partial charge on any atom is 0.252 e. The Morgan fingerprint density at radius 2 is 0.729 bits per heavy atom. The van der Waals surface area contributed by atoms with Crippen LogP contribution in [0.15, 0.2) is 188 Å². The lowest BCUT2D eigenvalue weighted by atomic mass is 9.33. The Morgan fingerprint density at radius 1 is 0.356 bits per heavy atom. The largest absolute Gasteiger partial charge is 0.311 e. The summed E-state index contributed by atoms with van der Waals surface area (Å²) >= 11 is 0. The van der Waals surface area contributed by atoms with E-state index in [9.17, 15) is 0 Å². The van der Waals surface area contributed by atoms with E-state index < -0.39 is 5.41 Å². The second-order valence-electron chi connectivity index (χ2n) is 17.6. The Kier molecular flexibility index (Phi) is 8.76. The summed E-state index contributed by atoms with van der Waals surface area (Å²) in [6.07, 6.45) is 0. The molecule has 0 amide bonds. The fourth-order valence-corrected chi connectivity index (χ4v) is 9.85. The first-order chi connectivity index (χ1) is 28.6. The Bertz CT molecular complexity index is 2720. The Morgan fingerprint density at radius 3 is 1.14 bits per heavy atom. The third-order valence-electron chi connectivity index (χ3n) is 12.7. The molecule has 0 fully saturated rings. The molecule has 0 aliphatic carbocycles. The van der Waals surface area contributed by atoms with E-state index in [0.717, 1.165) is 5.69 Å². The zero-order valence-electron chi connectivity index (χ0n) is 34.9. The molecule has 0 aromatic heterocycles. The van der Waals surface area contributed by atoms with Crippen LogP contribution in [-0.2, 0) is 10.8 Å². The Labute approximate surface area is 350 Å². The van der Waals surface area contributed by atoms with E-state index in [1.54, 1.807) is 0 Å². The van der Waals surface area contributed by atoms with Gasteiger partial charge in [0.1, 0.15) is 0 Å². The van der Waals surface area contributed by atoms with Crippen molar-refractivity contribution in [2.75, 3.05) is 9.80 Å². The molecule has 0 saturated heterocycles. The maximum absolute atomic E-state index is 2.55. The van der Waals surface area contributed by atoms with Crippen LogP contribution in [0.4, 0.5) is 34.1 Å². The summed E-state index contributed by atoms with van der Waals surface area (Å²) in [5.74, 6) is 0. The molecule has 2 heterocycles. The average Bonchev–Trinajstić information content (AvgIpc) is 3.25. The zero-order chi connectivity index (χ0) is 40.5. The highest BCUT2D eigenvalue weighted by Gasteiger charge is 2.44. The van der Waals surface area contributed by atoms with Crippen LogP contribution in [0.5, 0.6) is 0 Å². The molecule has 59 heavy (non-hydrogen) atoms. The lowest BCUT2D eigenvalue weighted by molar-refractivity contribution is 0.590. The molecular formula is C56H49BN2. The molecule has 2 aliphatic heterocycles. The number of hydrogen-bond donors (Lipinski definition) is 0. The SMILES string of the molecule is Cc1ccc(N2c3ccc(C)cc3B3c4cc(C)ccc4N(c4ccc(C(c5ccccc5)(c5ccccc5)c5ccccc5)cc4)c4cc(C(C)(C)C)cc2c43)cc1. The van der Waals surface area contributed by atoms with Crippen molar-refractivity contribution in [3.63, 3.8) is 0 Å². The predicted molar refractivity (Wildman–Crippen MR) is 252 cm³/mol. The van der Waals surface area contributed by atoms with Crippen LogP contribution < -0.4 is 26.2 Å². The van der Waals surface area contributed by atoms with E-state index >= 15 is 0 Å². The second kappa shape index (κ2) is 14.1. The first-order valence-corrected chi connectivity index (χ1v) is 21.0. The van der Waals surface area contributed by atoms with Gasteiger partial charge < -0.3 is 9.80 Å². The molecule has 0 unspecified atom stereocenters. The van der Waals surface area contributed by atoms with Gasteiger partial charge in [-0.1, -0.05) is 177 Å². The van der Waals surface area contributed by atoms with Crippen LogP contribution in [0, 0.1) is 20.8 Å². The van der Waals surface area contributed by atoms with Gasteiger partial charge in [-0.2, -0.15) is 0 Å². The number of nitrogens with zero attached hydrogens (tertiary/aromatic N) is 2. The summed E-state index contributed by atoms with van der Waals surface area (Å²) in [6.45, 7) is 13.7. The monoisotopic (exact) mass is 760 g/mol. The number of rotatable bonds is 6. The summed E-state index contributed by atoms with van der Waals surface area (Å²) < 4.78 is 0. The third-order valence-corrected chi connectivity index (χ3v) is 12.7. The van der Waals surface area contributed by atoms with Crippen LogP contribution in [0.1, 0.15) is 65.3 Å². The lowest BCUT2D eigenvalue weighted by Gasteiger charge is -2.45. The van der Waals surface area contributed by atoms with Gasteiger partial charge in [-0.3, -0.25) is 0 Å². The molecule has 2 nitrogen and oxygen atoms in total. The average molecular weight is 761 g/mol. The topological polar surface area (TPSA) is 6.48 Å². The first-order valence-electron chi connectivity index (χ1n) is 21.0. The van der Waals surface area contributed by atoms with Crippen molar-refractivity contribution in [2.24, 2.45) is 0 Å². The molecule has 0 saturated carbocycles. The number of hydrogen-bond acceptors (Lipinski definition) is 2. The molecule has 0 atom stereocenters. The van der Waals surface area contributed by atoms with Crippen molar-refractivity contribution in [2.45, 2.75) is 52.4 Å². The third kappa shape index (κ3) is 5.94. The van der Waals surface area contributed by atoms with E-state index in [0.29, 0.717) is 0 Å². The fourth-order valence-electron chi connectivity index (χ4n) is 9.85. The highest BCUT2D eigenvalue weighted by atomic mass is 15.2. The van der Waals surface area contributed by atoms with Crippen LogP contribution in [0.2, 0.25) is 0 Å². The van der Waals surface area contributed by atoms with E-state index in [1.807, 2.05) is 0 Å². The molecular weight excluding hydrogens is 711 g/mol. The van der Waals surface area contributed by atoms with E-state index in [1.165, 1.54) is 89.3 Å². The minimum absolute atomic E-state index is 0.0814. The highest BCUT2D eigenvalue weighted by molar-refractivity contribution is 7.00. The van der Waals surface area contributed by atoms with E-state index in [4.69, 9.17) is 0 Å². The number of anilines is 6. The van der Waals surface area contributed by atoms with E-state index in [2.05, 4.69) is 239 Å². The maximum atomic E-state index is 2.55. The van der Waals surface area contributed by atoms with Gasteiger partial charge in [0.25, 0.3) is 6.71 Å². The summed E-state index contributed by atoms with van der Waals surface area (Å²) in [4.78, 5) is 5.07. The van der Waals surface area contributed by atoms with Gasteiger partial charge in [0.15, 0.2) is 0 Å². The molecule has 0 radical (unpaired) electrons. The molecule has 286 valence electrons. The van der Waals surface area contributed by atoms with E-state index in [-0.39, 0.29) is 12.1 Å². The van der Waals surface area contributed by atoms with Gasteiger partial charge in [-0.25, -0.2) is 0 Å². The molecule has 8 aromatic rings. The normalized spacial score (nSPS) is 13.2. The highest BCUT2D eigenvalue weighted by Crippen LogP contribution is 2.49. The predicted octanol–water partition coefficient (Wildman–Crippen LogP) is 12.4. The van der Waals surface area contributed by atoms with Crippen molar-refractivity contribution >= 4 is 57.2 Å². The van der Waals surface area contributed by atoms with Crippen molar-refractivity contribution < 1.29 is 0 Å². The smallest absolute Gasteiger partial charge is 0.252 e. The molecule has 0 bridgehead atoms. The molecule has 10 rings (SSSR count). The van der Waals surface area contributed by atoms with Crippen molar-refractivity contribution in [1.29, 1.82) is 0 Å². The van der Waals surface area contributed by atoms with Gasteiger partial charge >= 0.3 is 0 Å². The van der Waals surface area contributed by atoms with Gasteiger partial charge in [0, 0.05) is 34.1 Å².